The fourth-order valence-electron chi connectivity index (χ4n) is 4.81. The number of alkyl halides is 3. The number of imidazole rings is 1. The number of carbonyl (C=O) groups is 1. The molecule has 3 heterocycles. The molecular formula is C25H24F4N4O. The van der Waals surface area contributed by atoms with E-state index < -0.39 is 11.7 Å². The molecule has 5 nitrogen and oxygen atoms in total. The minimum Gasteiger partial charge on any atom is -0.366 e. The first-order valence-corrected chi connectivity index (χ1v) is 11.3. The smallest absolute Gasteiger partial charge is 0.366 e. The highest BCUT2D eigenvalue weighted by Crippen LogP contribution is 2.34. The molecule has 0 spiro atoms. The van der Waals surface area contributed by atoms with Crippen LogP contribution >= 0.6 is 0 Å². The Kier molecular flexibility index (Phi) is 5.79. The van der Waals surface area contributed by atoms with E-state index in [1.807, 2.05) is 9.47 Å². The average Bonchev–Trinajstić information content (AvgIpc) is 3.27. The molecule has 5 rings (SSSR count). The highest BCUT2D eigenvalue weighted by molar-refractivity contribution is 5.92. The molecular weight excluding hydrogens is 448 g/mol. The van der Waals surface area contributed by atoms with Crippen LogP contribution in [0, 0.1) is 5.82 Å². The van der Waals surface area contributed by atoms with Crippen LogP contribution in [-0.2, 0) is 19.1 Å². The number of aryl methyl sites for hydroxylation is 1. The number of hydrogen-bond acceptors (Lipinski definition) is 3. The fraction of sp³-hybridized carbons (Fsp3) is 0.360. The first-order valence-electron chi connectivity index (χ1n) is 11.3. The summed E-state index contributed by atoms with van der Waals surface area (Å²) in [7, 11) is 0. The molecule has 0 bridgehead atoms. The summed E-state index contributed by atoms with van der Waals surface area (Å²) in [5, 5.41) is 0. The molecule has 2 aliphatic heterocycles. The van der Waals surface area contributed by atoms with Crippen molar-refractivity contribution in [1.29, 1.82) is 0 Å². The Balaban J connectivity index is 1.25. The van der Waals surface area contributed by atoms with Crippen LogP contribution in [0.1, 0.15) is 39.8 Å². The van der Waals surface area contributed by atoms with Crippen LogP contribution in [0.15, 0.2) is 54.7 Å². The van der Waals surface area contributed by atoms with Gasteiger partial charge in [-0.1, -0.05) is 30.3 Å². The number of piperazine rings is 1. The van der Waals surface area contributed by atoms with Crippen molar-refractivity contribution in [3.05, 3.63) is 83.2 Å². The maximum atomic E-state index is 14.1. The second-order valence-electron chi connectivity index (χ2n) is 8.78. The van der Waals surface area contributed by atoms with Gasteiger partial charge in [0.25, 0.3) is 5.91 Å². The van der Waals surface area contributed by atoms with Crippen LogP contribution in [0.3, 0.4) is 0 Å². The quantitative estimate of drug-likeness (QED) is 0.518. The van der Waals surface area contributed by atoms with E-state index in [9.17, 15) is 22.4 Å². The number of nitrogens with zero attached hydrogens (tertiary/aromatic N) is 4. The predicted molar refractivity (Wildman–Crippen MR) is 119 cm³/mol. The first kappa shape index (κ1) is 22.4. The van der Waals surface area contributed by atoms with E-state index in [0.717, 1.165) is 11.9 Å². The molecule has 1 saturated heterocycles. The number of fused-ring (bicyclic) bond motifs is 1. The van der Waals surface area contributed by atoms with Gasteiger partial charge >= 0.3 is 6.18 Å². The average molecular weight is 472 g/mol. The van der Waals surface area contributed by atoms with Gasteiger partial charge in [0.1, 0.15) is 17.3 Å². The van der Waals surface area contributed by atoms with Crippen LogP contribution in [-0.4, -0.2) is 46.5 Å². The van der Waals surface area contributed by atoms with Gasteiger partial charge in [0, 0.05) is 51.3 Å². The molecule has 1 fully saturated rings. The van der Waals surface area contributed by atoms with Crippen molar-refractivity contribution >= 4 is 11.6 Å². The van der Waals surface area contributed by atoms with E-state index in [4.69, 9.17) is 0 Å². The van der Waals surface area contributed by atoms with Gasteiger partial charge in [-0.25, -0.2) is 9.37 Å². The van der Waals surface area contributed by atoms with Crippen LogP contribution in [0.25, 0.3) is 0 Å². The summed E-state index contributed by atoms with van der Waals surface area (Å²) < 4.78 is 55.3. The molecule has 0 aliphatic carbocycles. The summed E-state index contributed by atoms with van der Waals surface area (Å²) in [5.41, 5.74) is 0.880. The van der Waals surface area contributed by atoms with Gasteiger partial charge in [-0.2, -0.15) is 13.2 Å². The Bertz CT molecular complexity index is 1200. The summed E-state index contributed by atoms with van der Waals surface area (Å²) >= 11 is 0. The van der Waals surface area contributed by atoms with Crippen LogP contribution in [0.4, 0.5) is 23.2 Å². The summed E-state index contributed by atoms with van der Waals surface area (Å²) in [5.74, 6) is 0.248. The minimum absolute atomic E-state index is 0.0729. The normalized spacial score (nSPS) is 18.6. The van der Waals surface area contributed by atoms with Gasteiger partial charge in [0.2, 0.25) is 0 Å². The Labute approximate surface area is 194 Å². The topological polar surface area (TPSA) is 41.4 Å². The van der Waals surface area contributed by atoms with Gasteiger partial charge in [-0.05, 0) is 30.2 Å². The van der Waals surface area contributed by atoms with Crippen LogP contribution in [0.5, 0.6) is 0 Å². The Morgan fingerprint density at radius 3 is 2.50 bits per heavy atom. The number of rotatable bonds is 3. The Morgan fingerprint density at radius 1 is 1.00 bits per heavy atom. The number of anilines is 1. The zero-order chi connectivity index (χ0) is 23.9. The van der Waals surface area contributed by atoms with Gasteiger partial charge in [-0.15, -0.1) is 0 Å². The van der Waals surface area contributed by atoms with E-state index in [1.165, 1.54) is 18.2 Å². The van der Waals surface area contributed by atoms with Gasteiger partial charge in [0.15, 0.2) is 0 Å². The van der Waals surface area contributed by atoms with Gasteiger partial charge in [-0.3, -0.25) is 4.79 Å². The van der Waals surface area contributed by atoms with Crippen molar-refractivity contribution < 1.29 is 22.4 Å². The molecule has 1 atom stereocenters. The lowest BCUT2D eigenvalue weighted by Gasteiger charge is -2.35. The molecule has 2 aromatic carbocycles. The number of halogens is 4. The minimum atomic E-state index is -4.37. The van der Waals surface area contributed by atoms with Gasteiger partial charge < -0.3 is 14.4 Å². The van der Waals surface area contributed by atoms with Crippen molar-refractivity contribution in [2.75, 3.05) is 31.1 Å². The molecule has 0 saturated carbocycles. The predicted octanol–water partition coefficient (Wildman–Crippen LogP) is 4.73. The zero-order valence-electron chi connectivity index (χ0n) is 18.4. The molecule has 0 radical (unpaired) electrons. The van der Waals surface area contributed by atoms with Gasteiger partial charge in [0.05, 0.1) is 11.3 Å². The van der Waals surface area contributed by atoms with Crippen molar-refractivity contribution in [3.63, 3.8) is 0 Å². The third-order valence-corrected chi connectivity index (χ3v) is 6.66. The first-order chi connectivity index (χ1) is 16.3. The highest BCUT2D eigenvalue weighted by atomic mass is 19.4. The lowest BCUT2D eigenvalue weighted by Crippen LogP contribution is -2.49. The SMILES string of the molecule is O=C(c1cn2c(n1)CC[C@H](c1cccc(C(F)(F)F)c1)C2)N1CCN(c2ccccc2F)CC1. The Hall–Kier alpha value is -3.36. The third-order valence-electron chi connectivity index (χ3n) is 6.66. The summed E-state index contributed by atoms with van der Waals surface area (Å²) in [4.78, 5) is 21.2. The monoisotopic (exact) mass is 472 g/mol. The van der Waals surface area contributed by atoms with Crippen molar-refractivity contribution in [1.82, 2.24) is 14.5 Å². The summed E-state index contributed by atoms with van der Waals surface area (Å²) in [6.45, 7) is 2.46. The van der Waals surface area contributed by atoms with E-state index in [1.54, 1.807) is 35.4 Å². The largest absolute Gasteiger partial charge is 0.416 e. The van der Waals surface area contributed by atoms with Crippen molar-refractivity contribution in [2.45, 2.75) is 31.5 Å². The number of benzene rings is 2. The summed E-state index contributed by atoms with van der Waals surface area (Å²) in [6.07, 6.45) is -1.40. The van der Waals surface area contributed by atoms with E-state index >= 15 is 0 Å². The molecule has 3 aromatic rings. The third kappa shape index (κ3) is 4.38. The fourth-order valence-corrected chi connectivity index (χ4v) is 4.81. The Morgan fingerprint density at radius 2 is 1.76 bits per heavy atom. The zero-order valence-corrected chi connectivity index (χ0v) is 18.4. The second-order valence-corrected chi connectivity index (χ2v) is 8.78. The van der Waals surface area contributed by atoms with Crippen LogP contribution < -0.4 is 4.90 Å². The maximum Gasteiger partial charge on any atom is 0.416 e. The molecule has 0 N–H and O–H groups in total. The molecule has 2 aliphatic rings. The number of aromatic nitrogens is 2. The van der Waals surface area contributed by atoms with E-state index in [0.29, 0.717) is 62.5 Å². The number of amides is 1. The number of hydrogen-bond donors (Lipinski definition) is 0. The molecule has 178 valence electrons. The molecule has 34 heavy (non-hydrogen) atoms. The lowest BCUT2D eigenvalue weighted by atomic mass is 9.90. The second kappa shape index (κ2) is 8.77. The molecule has 9 heteroatoms. The molecule has 1 amide bonds. The van der Waals surface area contributed by atoms with Crippen molar-refractivity contribution in [2.24, 2.45) is 0 Å². The maximum absolute atomic E-state index is 14.1. The number of carbonyl (C=O) groups excluding carboxylic acids is 1. The van der Waals surface area contributed by atoms with E-state index in [2.05, 4.69) is 4.98 Å². The summed E-state index contributed by atoms with van der Waals surface area (Å²) in [6, 6.07) is 12.1. The molecule has 0 unspecified atom stereocenters. The lowest BCUT2D eigenvalue weighted by molar-refractivity contribution is -0.137. The standard InChI is InChI=1S/C25H24F4N4O/c26-20-6-1-2-7-22(20)31-10-12-32(13-11-31)24(34)21-16-33-15-18(8-9-23(33)30-21)17-4-3-5-19(14-17)25(27,28)29/h1-7,14,16,18H,8-13,15H2/t18-/m0/s1. The highest BCUT2D eigenvalue weighted by Gasteiger charge is 2.32. The number of para-hydroxylation sites is 1. The van der Waals surface area contributed by atoms with Crippen molar-refractivity contribution in [3.8, 4) is 0 Å². The van der Waals surface area contributed by atoms with E-state index in [-0.39, 0.29) is 17.6 Å². The molecule has 1 aromatic heterocycles. The van der Waals surface area contributed by atoms with Crippen LogP contribution in [0.2, 0.25) is 0 Å².